The molecule has 0 unspecified atom stereocenters. The number of fused-ring (bicyclic) bond motifs is 1. The highest BCUT2D eigenvalue weighted by Gasteiger charge is 2.47. The largest absolute Gasteiger partial charge is 0.376 e. The van der Waals surface area contributed by atoms with Gasteiger partial charge in [-0.05, 0) is 25.3 Å². The third-order valence-electron chi connectivity index (χ3n) is 4.70. The summed E-state index contributed by atoms with van der Waals surface area (Å²) in [6.45, 7) is 2.56. The van der Waals surface area contributed by atoms with Gasteiger partial charge in [0, 0.05) is 7.11 Å². The van der Waals surface area contributed by atoms with Crippen molar-refractivity contribution in [2.75, 3.05) is 26.9 Å². The van der Waals surface area contributed by atoms with Gasteiger partial charge in [-0.25, -0.2) is 0 Å². The minimum atomic E-state index is 0.122. The lowest BCUT2D eigenvalue weighted by Crippen LogP contribution is -2.43. The first-order chi connectivity index (χ1) is 8.88. The van der Waals surface area contributed by atoms with Crippen molar-refractivity contribution in [1.82, 2.24) is 5.32 Å². The molecule has 0 spiro atoms. The third-order valence-corrected chi connectivity index (χ3v) is 4.70. The Morgan fingerprint density at radius 3 is 2.61 bits per heavy atom. The molecule has 1 saturated carbocycles. The maximum Gasteiger partial charge on any atom is 0.114 e. The molecule has 3 rings (SSSR count). The zero-order chi connectivity index (χ0) is 12.4. The van der Waals surface area contributed by atoms with Gasteiger partial charge in [0.05, 0.1) is 19.3 Å². The Morgan fingerprint density at radius 1 is 1.06 bits per heavy atom. The second kappa shape index (κ2) is 5.87. The Bertz CT molecular complexity index is 268. The monoisotopic (exact) mass is 255 g/mol. The highest BCUT2D eigenvalue weighted by molar-refractivity contribution is 4.98. The van der Waals surface area contributed by atoms with Gasteiger partial charge in [0.15, 0.2) is 0 Å². The minimum Gasteiger partial charge on any atom is -0.376 e. The fourth-order valence-corrected chi connectivity index (χ4v) is 3.55. The van der Waals surface area contributed by atoms with E-state index in [9.17, 15) is 0 Å². The lowest BCUT2D eigenvalue weighted by atomic mass is 9.89. The fraction of sp³-hybridized carbons (Fsp3) is 1.00. The lowest BCUT2D eigenvalue weighted by Gasteiger charge is -2.25. The molecule has 0 amide bonds. The van der Waals surface area contributed by atoms with E-state index in [1.807, 2.05) is 0 Å². The minimum absolute atomic E-state index is 0.122. The summed E-state index contributed by atoms with van der Waals surface area (Å²) in [6.07, 6.45) is 7.46. The van der Waals surface area contributed by atoms with Crippen LogP contribution in [0.1, 0.15) is 32.1 Å². The van der Waals surface area contributed by atoms with Gasteiger partial charge in [-0.2, -0.15) is 0 Å². The predicted molar refractivity (Wildman–Crippen MR) is 68.6 cm³/mol. The summed E-state index contributed by atoms with van der Waals surface area (Å²) in [4.78, 5) is 0. The Morgan fingerprint density at radius 2 is 1.83 bits per heavy atom. The Hall–Kier alpha value is -0.160. The van der Waals surface area contributed by atoms with E-state index in [1.165, 1.54) is 32.1 Å². The van der Waals surface area contributed by atoms with Crippen molar-refractivity contribution in [3.63, 3.8) is 0 Å². The summed E-state index contributed by atoms with van der Waals surface area (Å²) in [5.74, 6) is 0.859. The van der Waals surface area contributed by atoms with E-state index in [0.29, 0.717) is 12.6 Å². The standard InChI is InChI=1S/C14H25NO3/c1-16-12-9-18-13-11(8-17-14(12)13)15-7-10-5-3-2-4-6-10/h10-15H,2-9H2,1H3/t11-,12-,13-,14-/m1/s1. The topological polar surface area (TPSA) is 39.7 Å². The van der Waals surface area contributed by atoms with E-state index in [1.54, 1.807) is 7.11 Å². The summed E-state index contributed by atoms with van der Waals surface area (Å²) in [6, 6.07) is 0.358. The van der Waals surface area contributed by atoms with E-state index in [4.69, 9.17) is 14.2 Å². The zero-order valence-electron chi connectivity index (χ0n) is 11.3. The smallest absolute Gasteiger partial charge is 0.114 e. The Balaban J connectivity index is 1.46. The van der Waals surface area contributed by atoms with Crippen molar-refractivity contribution < 1.29 is 14.2 Å². The second-order valence-electron chi connectivity index (χ2n) is 5.89. The molecule has 0 aromatic carbocycles. The van der Waals surface area contributed by atoms with Crippen LogP contribution in [0.5, 0.6) is 0 Å². The molecule has 1 N–H and O–H groups in total. The van der Waals surface area contributed by atoms with Gasteiger partial charge >= 0.3 is 0 Å². The van der Waals surface area contributed by atoms with Crippen molar-refractivity contribution in [3.8, 4) is 0 Å². The van der Waals surface area contributed by atoms with Gasteiger partial charge in [0.2, 0.25) is 0 Å². The molecule has 4 atom stereocenters. The first-order valence-corrected chi connectivity index (χ1v) is 7.38. The average molecular weight is 255 g/mol. The third kappa shape index (κ3) is 2.57. The highest BCUT2D eigenvalue weighted by Crippen LogP contribution is 2.29. The normalized spacial score (nSPS) is 41.2. The van der Waals surface area contributed by atoms with Gasteiger partial charge < -0.3 is 19.5 Å². The maximum absolute atomic E-state index is 5.82. The molecule has 18 heavy (non-hydrogen) atoms. The van der Waals surface area contributed by atoms with Crippen molar-refractivity contribution in [2.24, 2.45) is 5.92 Å². The van der Waals surface area contributed by atoms with Crippen molar-refractivity contribution in [1.29, 1.82) is 0 Å². The Labute approximate surface area is 109 Å². The van der Waals surface area contributed by atoms with Crippen LogP contribution in [0.4, 0.5) is 0 Å². The van der Waals surface area contributed by atoms with Crippen LogP contribution in [0.25, 0.3) is 0 Å². The second-order valence-corrected chi connectivity index (χ2v) is 5.89. The summed E-state index contributed by atoms with van der Waals surface area (Å²) in [5.41, 5.74) is 0. The average Bonchev–Trinajstić information content (AvgIpc) is 2.99. The molecular weight excluding hydrogens is 230 g/mol. The Kier molecular flexibility index (Phi) is 4.19. The molecule has 104 valence electrons. The van der Waals surface area contributed by atoms with Gasteiger partial charge in [0.25, 0.3) is 0 Å². The summed E-state index contributed by atoms with van der Waals surface area (Å²) in [7, 11) is 1.74. The van der Waals surface area contributed by atoms with Crippen LogP contribution in [0.15, 0.2) is 0 Å². The summed E-state index contributed by atoms with van der Waals surface area (Å²) in [5, 5.41) is 3.66. The number of hydrogen-bond acceptors (Lipinski definition) is 4. The zero-order valence-corrected chi connectivity index (χ0v) is 11.3. The van der Waals surface area contributed by atoms with E-state index in [2.05, 4.69) is 5.32 Å². The first-order valence-electron chi connectivity index (χ1n) is 7.38. The summed E-state index contributed by atoms with van der Waals surface area (Å²) < 4.78 is 17.0. The molecule has 3 fully saturated rings. The quantitative estimate of drug-likeness (QED) is 0.823. The maximum atomic E-state index is 5.82. The van der Waals surface area contributed by atoms with Crippen molar-refractivity contribution in [2.45, 2.75) is 56.5 Å². The van der Waals surface area contributed by atoms with Crippen LogP contribution in [-0.2, 0) is 14.2 Å². The highest BCUT2D eigenvalue weighted by atomic mass is 16.6. The molecular formula is C14H25NO3. The van der Waals surface area contributed by atoms with Crippen LogP contribution < -0.4 is 5.32 Å². The number of nitrogens with one attached hydrogen (secondary N) is 1. The molecule has 2 heterocycles. The SMILES string of the molecule is CO[C@@H]1CO[C@H]2[C@@H]1OC[C@H]2NCC1CCCCC1. The van der Waals surface area contributed by atoms with Gasteiger partial charge in [-0.1, -0.05) is 19.3 Å². The first kappa shape index (κ1) is 12.9. The van der Waals surface area contributed by atoms with Crippen LogP contribution in [0, 0.1) is 5.92 Å². The van der Waals surface area contributed by atoms with E-state index < -0.39 is 0 Å². The van der Waals surface area contributed by atoms with Crippen LogP contribution in [-0.4, -0.2) is 51.2 Å². The van der Waals surface area contributed by atoms with Gasteiger partial charge in [-0.3, -0.25) is 0 Å². The lowest BCUT2D eigenvalue weighted by molar-refractivity contribution is -0.00828. The molecule has 4 heteroatoms. The molecule has 2 aliphatic heterocycles. The van der Waals surface area contributed by atoms with Crippen LogP contribution in [0.2, 0.25) is 0 Å². The molecule has 0 aromatic rings. The molecule has 2 saturated heterocycles. The predicted octanol–water partition coefficient (Wildman–Crippen LogP) is 1.34. The van der Waals surface area contributed by atoms with Gasteiger partial charge in [-0.15, -0.1) is 0 Å². The number of methoxy groups -OCH3 is 1. The number of ether oxygens (including phenoxy) is 3. The molecule has 3 aliphatic rings. The van der Waals surface area contributed by atoms with Gasteiger partial charge in [0.1, 0.15) is 18.3 Å². The van der Waals surface area contributed by atoms with Crippen LogP contribution in [0.3, 0.4) is 0 Å². The molecule has 1 aliphatic carbocycles. The molecule has 0 bridgehead atoms. The molecule has 0 radical (unpaired) electrons. The van der Waals surface area contributed by atoms with E-state index in [-0.39, 0.29) is 18.3 Å². The number of hydrogen-bond donors (Lipinski definition) is 1. The fourth-order valence-electron chi connectivity index (χ4n) is 3.55. The molecule has 4 nitrogen and oxygen atoms in total. The summed E-state index contributed by atoms with van der Waals surface area (Å²) >= 11 is 0. The van der Waals surface area contributed by atoms with Crippen LogP contribution >= 0.6 is 0 Å². The van der Waals surface area contributed by atoms with E-state index in [0.717, 1.165) is 19.1 Å². The number of rotatable bonds is 4. The van der Waals surface area contributed by atoms with Crippen molar-refractivity contribution >= 4 is 0 Å². The molecule has 0 aromatic heterocycles. The van der Waals surface area contributed by atoms with E-state index >= 15 is 0 Å². The van der Waals surface area contributed by atoms with Crippen molar-refractivity contribution in [3.05, 3.63) is 0 Å².